The van der Waals surface area contributed by atoms with Gasteiger partial charge in [0.15, 0.2) is 11.6 Å². The third-order valence-electron chi connectivity index (χ3n) is 4.56. The van der Waals surface area contributed by atoms with Crippen LogP contribution in [0.4, 0.5) is 10.6 Å². The molecular weight excluding hydrogens is 344 g/mol. The molecule has 1 atom stereocenters. The van der Waals surface area contributed by atoms with E-state index in [2.05, 4.69) is 10.1 Å². The van der Waals surface area contributed by atoms with Crippen LogP contribution < -0.4 is 4.90 Å². The molecule has 0 N–H and O–H groups in total. The molecule has 7 heteroatoms. The van der Waals surface area contributed by atoms with E-state index >= 15 is 0 Å². The summed E-state index contributed by atoms with van der Waals surface area (Å²) in [5.41, 5.74) is 2.67. The van der Waals surface area contributed by atoms with Crippen LogP contribution >= 0.6 is 0 Å². The molecule has 1 aliphatic heterocycles. The van der Waals surface area contributed by atoms with Crippen molar-refractivity contribution in [3.63, 3.8) is 0 Å². The second kappa shape index (κ2) is 6.68. The molecule has 1 aromatic carbocycles. The number of nitrogens with zero attached hydrogens (tertiary/aromatic N) is 4. The summed E-state index contributed by atoms with van der Waals surface area (Å²) in [6.45, 7) is 3.99. The van der Waals surface area contributed by atoms with E-state index in [0.29, 0.717) is 12.3 Å². The summed E-state index contributed by atoms with van der Waals surface area (Å²) in [5, 5.41) is 3.94. The van der Waals surface area contributed by atoms with Crippen molar-refractivity contribution in [3.05, 3.63) is 66.0 Å². The molecule has 4 rings (SSSR count). The van der Waals surface area contributed by atoms with Crippen LogP contribution in [-0.4, -0.2) is 33.0 Å². The molecule has 0 radical (unpaired) electrons. The number of pyridine rings is 1. The van der Waals surface area contributed by atoms with Crippen LogP contribution in [-0.2, 0) is 11.3 Å². The van der Waals surface area contributed by atoms with Gasteiger partial charge in [-0.25, -0.2) is 9.69 Å². The number of carbonyl (C=O) groups is 2. The number of urea groups is 1. The van der Waals surface area contributed by atoms with E-state index in [1.165, 1.54) is 4.90 Å². The van der Waals surface area contributed by atoms with Gasteiger partial charge in [0.1, 0.15) is 6.04 Å². The van der Waals surface area contributed by atoms with Crippen molar-refractivity contribution in [2.75, 3.05) is 4.90 Å². The first-order valence-electron chi connectivity index (χ1n) is 8.62. The smallest absolute Gasteiger partial charge is 0.333 e. The minimum atomic E-state index is -0.571. The third kappa shape index (κ3) is 3.08. The van der Waals surface area contributed by atoms with Gasteiger partial charge >= 0.3 is 6.03 Å². The fourth-order valence-electron chi connectivity index (χ4n) is 3.10. The molecule has 0 aliphatic carbocycles. The molecule has 0 saturated carbocycles. The fourth-order valence-corrected chi connectivity index (χ4v) is 3.10. The Bertz CT molecular complexity index is 999. The summed E-state index contributed by atoms with van der Waals surface area (Å²) >= 11 is 0. The zero-order chi connectivity index (χ0) is 19.0. The number of aromatic nitrogens is 2. The minimum absolute atomic E-state index is 0.184. The lowest BCUT2D eigenvalue weighted by Crippen LogP contribution is -2.33. The highest BCUT2D eigenvalue weighted by Gasteiger charge is 2.44. The monoisotopic (exact) mass is 362 g/mol. The Morgan fingerprint density at radius 1 is 1.11 bits per heavy atom. The van der Waals surface area contributed by atoms with Crippen LogP contribution in [0.5, 0.6) is 0 Å². The van der Waals surface area contributed by atoms with Crippen LogP contribution in [0, 0.1) is 6.92 Å². The minimum Gasteiger partial charge on any atom is -0.354 e. The maximum atomic E-state index is 12.9. The van der Waals surface area contributed by atoms with Crippen molar-refractivity contribution in [2.24, 2.45) is 0 Å². The van der Waals surface area contributed by atoms with E-state index in [9.17, 15) is 9.59 Å². The molecule has 0 spiro atoms. The number of imide groups is 1. The molecule has 1 fully saturated rings. The van der Waals surface area contributed by atoms with E-state index in [1.807, 2.05) is 43.3 Å². The summed E-state index contributed by atoms with van der Waals surface area (Å²) in [7, 11) is 0. The molecule has 3 heterocycles. The van der Waals surface area contributed by atoms with E-state index in [4.69, 9.17) is 4.52 Å². The molecule has 2 aromatic heterocycles. The van der Waals surface area contributed by atoms with Crippen molar-refractivity contribution in [1.29, 1.82) is 0 Å². The molecule has 1 saturated heterocycles. The Balaban J connectivity index is 1.61. The lowest BCUT2D eigenvalue weighted by atomic mass is 10.2. The van der Waals surface area contributed by atoms with Gasteiger partial charge < -0.3 is 9.42 Å². The van der Waals surface area contributed by atoms with Gasteiger partial charge in [-0.05, 0) is 31.0 Å². The number of hydrogen-bond donors (Lipinski definition) is 0. The molecule has 0 bridgehead atoms. The highest BCUT2D eigenvalue weighted by atomic mass is 16.5. The molecule has 3 amide bonds. The Morgan fingerprint density at radius 2 is 1.89 bits per heavy atom. The Labute approximate surface area is 156 Å². The normalized spacial score (nSPS) is 17.0. The first kappa shape index (κ1) is 17.0. The molecule has 3 aromatic rings. The van der Waals surface area contributed by atoms with Gasteiger partial charge in [0.25, 0.3) is 5.91 Å². The van der Waals surface area contributed by atoms with Crippen LogP contribution in [0.1, 0.15) is 18.1 Å². The first-order chi connectivity index (χ1) is 13.0. The van der Waals surface area contributed by atoms with Gasteiger partial charge in [-0.2, -0.15) is 0 Å². The SMILES string of the molecule is Cc1cncc(-c2cc(N3C(=O)[C@@H](C)N(Cc4ccccc4)C3=O)no2)c1. The highest BCUT2D eigenvalue weighted by Crippen LogP contribution is 2.29. The van der Waals surface area contributed by atoms with Crippen LogP contribution in [0.25, 0.3) is 11.3 Å². The number of rotatable bonds is 4. The van der Waals surface area contributed by atoms with Crippen molar-refractivity contribution in [3.8, 4) is 11.3 Å². The fraction of sp³-hybridized carbons (Fsp3) is 0.200. The predicted octanol–water partition coefficient (Wildman–Crippen LogP) is 3.40. The lowest BCUT2D eigenvalue weighted by Gasteiger charge is -2.18. The molecule has 1 aliphatic rings. The maximum Gasteiger partial charge on any atom is 0.333 e. The van der Waals surface area contributed by atoms with E-state index in [0.717, 1.165) is 21.6 Å². The van der Waals surface area contributed by atoms with Crippen molar-refractivity contribution < 1.29 is 14.1 Å². The zero-order valence-corrected chi connectivity index (χ0v) is 15.0. The van der Waals surface area contributed by atoms with Crippen molar-refractivity contribution in [2.45, 2.75) is 26.4 Å². The second-order valence-corrected chi connectivity index (χ2v) is 6.55. The van der Waals surface area contributed by atoms with Crippen LogP contribution in [0.2, 0.25) is 0 Å². The number of benzene rings is 1. The molecule has 136 valence electrons. The van der Waals surface area contributed by atoms with Gasteiger partial charge in [-0.1, -0.05) is 35.5 Å². The van der Waals surface area contributed by atoms with Gasteiger partial charge in [-0.3, -0.25) is 9.78 Å². The highest BCUT2D eigenvalue weighted by molar-refractivity contribution is 6.20. The summed E-state index contributed by atoms with van der Waals surface area (Å²) in [6.07, 6.45) is 3.38. The predicted molar refractivity (Wildman–Crippen MR) is 98.8 cm³/mol. The average Bonchev–Trinajstić information content (AvgIpc) is 3.22. The number of hydrogen-bond acceptors (Lipinski definition) is 5. The number of amides is 3. The summed E-state index contributed by atoms with van der Waals surface area (Å²) in [6, 6.07) is 12.1. The summed E-state index contributed by atoms with van der Waals surface area (Å²) in [4.78, 5) is 32.3. The number of anilines is 1. The quantitative estimate of drug-likeness (QED) is 0.665. The number of aryl methyl sites for hydroxylation is 1. The van der Waals surface area contributed by atoms with E-state index in [1.54, 1.807) is 25.4 Å². The van der Waals surface area contributed by atoms with Gasteiger partial charge in [-0.15, -0.1) is 0 Å². The van der Waals surface area contributed by atoms with Gasteiger partial charge in [0.2, 0.25) is 0 Å². The molecule has 0 unspecified atom stereocenters. The summed E-state index contributed by atoms with van der Waals surface area (Å²) in [5.74, 6) is 0.318. The summed E-state index contributed by atoms with van der Waals surface area (Å²) < 4.78 is 5.35. The largest absolute Gasteiger partial charge is 0.354 e. The van der Waals surface area contributed by atoms with Crippen molar-refractivity contribution >= 4 is 17.8 Å². The lowest BCUT2D eigenvalue weighted by molar-refractivity contribution is -0.119. The number of carbonyl (C=O) groups excluding carboxylic acids is 2. The van der Waals surface area contributed by atoms with Crippen LogP contribution in [0.3, 0.4) is 0 Å². The zero-order valence-electron chi connectivity index (χ0n) is 15.0. The Kier molecular flexibility index (Phi) is 4.19. The van der Waals surface area contributed by atoms with Crippen molar-refractivity contribution in [1.82, 2.24) is 15.0 Å². The van der Waals surface area contributed by atoms with E-state index in [-0.39, 0.29) is 11.7 Å². The molecule has 27 heavy (non-hydrogen) atoms. The van der Waals surface area contributed by atoms with Crippen LogP contribution in [0.15, 0.2) is 59.4 Å². The van der Waals surface area contributed by atoms with E-state index < -0.39 is 12.1 Å². The maximum absolute atomic E-state index is 12.9. The topological polar surface area (TPSA) is 79.5 Å². The van der Waals surface area contributed by atoms with Gasteiger partial charge in [0, 0.05) is 30.6 Å². The molecule has 7 nitrogen and oxygen atoms in total. The first-order valence-corrected chi connectivity index (χ1v) is 8.62. The van der Waals surface area contributed by atoms with Gasteiger partial charge in [0.05, 0.1) is 0 Å². The second-order valence-electron chi connectivity index (χ2n) is 6.55. The Hall–Kier alpha value is -3.48. The average molecular weight is 362 g/mol. The Morgan fingerprint density at radius 3 is 2.63 bits per heavy atom. The third-order valence-corrected chi connectivity index (χ3v) is 4.56. The molecular formula is C20H18N4O3. The standard InChI is InChI=1S/C20H18N4O3/c1-13-8-16(11-21-10-13)17-9-18(22-27-17)24-19(25)14(2)23(20(24)26)12-15-6-4-3-5-7-15/h3-11,14H,12H2,1-2H3/t14-/m1/s1.